The lowest BCUT2D eigenvalue weighted by Crippen LogP contribution is -2.41. The number of thiophene rings is 1. The molecule has 1 aromatic heterocycles. The minimum atomic E-state index is -3.28. The smallest absolute Gasteiger partial charge is 0.206 e. The molecule has 0 atom stereocenters. The van der Waals surface area contributed by atoms with Crippen molar-refractivity contribution in [2.75, 3.05) is 7.05 Å². The van der Waals surface area contributed by atoms with Crippen molar-refractivity contribution in [3.05, 3.63) is 15.9 Å². The van der Waals surface area contributed by atoms with Crippen molar-refractivity contribution in [1.29, 1.82) is 0 Å². The molecule has 1 aromatic rings. The second-order valence-electron chi connectivity index (χ2n) is 3.66. The number of nitrogens with zero attached hydrogens (tertiary/aromatic N) is 1. The standard InChI is InChI=1S/C9H12BrNO2S2/c1-11(7-3-2-4-7)15(12,13)9-8(10)5-6-14-9/h5-7H,2-4H2,1H3. The first kappa shape index (κ1) is 11.6. The van der Waals surface area contributed by atoms with Gasteiger partial charge in [-0.2, -0.15) is 4.31 Å². The highest BCUT2D eigenvalue weighted by Gasteiger charge is 2.33. The van der Waals surface area contributed by atoms with Crippen LogP contribution in [0.4, 0.5) is 0 Å². The summed E-state index contributed by atoms with van der Waals surface area (Å²) < 4.78 is 26.9. The van der Waals surface area contributed by atoms with Gasteiger partial charge in [-0.25, -0.2) is 8.42 Å². The van der Waals surface area contributed by atoms with E-state index in [0.29, 0.717) is 8.68 Å². The molecule has 0 aliphatic heterocycles. The molecule has 3 nitrogen and oxygen atoms in total. The average molecular weight is 310 g/mol. The molecule has 1 fully saturated rings. The third-order valence-electron chi connectivity index (χ3n) is 2.79. The minimum absolute atomic E-state index is 0.198. The summed E-state index contributed by atoms with van der Waals surface area (Å²) >= 11 is 4.52. The van der Waals surface area contributed by atoms with Gasteiger partial charge < -0.3 is 0 Å². The van der Waals surface area contributed by atoms with Crippen LogP contribution in [0.15, 0.2) is 20.1 Å². The van der Waals surface area contributed by atoms with Gasteiger partial charge in [0.1, 0.15) is 4.21 Å². The van der Waals surface area contributed by atoms with E-state index in [1.165, 1.54) is 15.6 Å². The summed E-state index contributed by atoms with van der Waals surface area (Å²) in [5, 5.41) is 1.78. The van der Waals surface area contributed by atoms with Gasteiger partial charge in [0, 0.05) is 17.6 Å². The Kier molecular flexibility index (Phi) is 3.21. The zero-order valence-corrected chi connectivity index (χ0v) is 11.5. The van der Waals surface area contributed by atoms with Gasteiger partial charge in [-0.1, -0.05) is 6.42 Å². The molecular formula is C9H12BrNO2S2. The van der Waals surface area contributed by atoms with Crippen molar-refractivity contribution in [3.63, 3.8) is 0 Å². The molecule has 1 aliphatic carbocycles. The summed E-state index contributed by atoms with van der Waals surface area (Å²) in [6, 6.07) is 1.97. The van der Waals surface area contributed by atoms with Crippen LogP contribution in [-0.4, -0.2) is 25.8 Å². The van der Waals surface area contributed by atoms with E-state index in [4.69, 9.17) is 0 Å². The van der Waals surface area contributed by atoms with Crippen LogP contribution in [-0.2, 0) is 10.0 Å². The number of hydrogen-bond acceptors (Lipinski definition) is 3. The van der Waals surface area contributed by atoms with Gasteiger partial charge in [0.15, 0.2) is 0 Å². The maximum atomic E-state index is 12.2. The Morgan fingerprint density at radius 2 is 2.20 bits per heavy atom. The number of halogens is 1. The van der Waals surface area contributed by atoms with Crippen LogP contribution in [0.5, 0.6) is 0 Å². The zero-order chi connectivity index (χ0) is 11.1. The van der Waals surface area contributed by atoms with E-state index >= 15 is 0 Å². The first-order valence-electron chi connectivity index (χ1n) is 4.74. The van der Waals surface area contributed by atoms with Crippen LogP contribution < -0.4 is 0 Å². The maximum absolute atomic E-state index is 12.2. The van der Waals surface area contributed by atoms with E-state index < -0.39 is 10.0 Å². The average Bonchev–Trinajstić information content (AvgIpc) is 2.48. The van der Waals surface area contributed by atoms with Crippen LogP contribution in [0.2, 0.25) is 0 Å². The molecule has 0 N–H and O–H groups in total. The van der Waals surface area contributed by atoms with Gasteiger partial charge in [0.05, 0.1) is 0 Å². The van der Waals surface area contributed by atoms with Gasteiger partial charge in [0.25, 0.3) is 10.0 Å². The van der Waals surface area contributed by atoms with E-state index in [1.807, 2.05) is 0 Å². The molecule has 1 heterocycles. The van der Waals surface area contributed by atoms with Crippen molar-refractivity contribution in [1.82, 2.24) is 4.31 Å². The van der Waals surface area contributed by atoms with E-state index in [2.05, 4.69) is 15.9 Å². The molecule has 84 valence electrons. The van der Waals surface area contributed by atoms with E-state index in [-0.39, 0.29) is 6.04 Å². The van der Waals surface area contributed by atoms with E-state index in [1.54, 1.807) is 18.5 Å². The molecule has 0 radical (unpaired) electrons. The normalized spacial score (nSPS) is 18.1. The monoisotopic (exact) mass is 309 g/mol. The maximum Gasteiger partial charge on any atom is 0.253 e. The fourth-order valence-corrected chi connectivity index (χ4v) is 5.44. The molecular weight excluding hydrogens is 298 g/mol. The van der Waals surface area contributed by atoms with Gasteiger partial charge in [-0.05, 0) is 40.2 Å². The Hall–Kier alpha value is 0.0900. The predicted molar refractivity (Wildman–Crippen MR) is 64.6 cm³/mol. The zero-order valence-electron chi connectivity index (χ0n) is 8.31. The SMILES string of the molecule is CN(C1CCC1)S(=O)(=O)c1sccc1Br. The molecule has 2 rings (SSSR count). The van der Waals surface area contributed by atoms with Crippen molar-refractivity contribution in [2.45, 2.75) is 29.5 Å². The third kappa shape index (κ3) is 2.00. The Bertz CT molecular complexity index is 450. The van der Waals surface area contributed by atoms with Gasteiger partial charge >= 0.3 is 0 Å². The second-order valence-corrected chi connectivity index (χ2v) is 7.63. The lowest BCUT2D eigenvalue weighted by molar-refractivity contribution is 0.250. The van der Waals surface area contributed by atoms with Crippen LogP contribution in [0, 0.1) is 0 Å². The molecule has 0 aromatic carbocycles. The van der Waals surface area contributed by atoms with Crippen molar-refractivity contribution >= 4 is 37.3 Å². The van der Waals surface area contributed by atoms with Crippen molar-refractivity contribution < 1.29 is 8.42 Å². The van der Waals surface area contributed by atoms with E-state index in [0.717, 1.165) is 19.3 Å². The number of hydrogen-bond donors (Lipinski definition) is 0. The van der Waals surface area contributed by atoms with Crippen LogP contribution >= 0.6 is 27.3 Å². The second kappa shape index (κ2) is 4.16. The summed E-state index contributed by atoms with van der Waals surface area (Å²) in [4.78, 5) is 0. The molecule has 0 spiro atoms. The highest BCUT2D eigenvalue weighted by atomic mass is 79.9. The molecule has 0 amide bonds. The summed E-state index contributed by atoms with van der Waals surface area (Å²) in [6.07, 6.45) is 3.10. The molecule has 1 saturated carbocycles. The van der Waals surface area contributed by atoms with Gasteiger partial charge in [-0.3, -0.25) is 0 Å². The van der Waals surface area contributed by atoms with Gasteiger partial charge in [-0.15, -0.1) is 11.3 Å². The molecule has 6 heteroatoms. The molecule has 1 aliphatic rings. The largest absolute Gasteiger partial charge is 0.253 e. The van der Waals surface area contributed by atoms with Gasteiger partial charge in [0.2, 0.25) is 0 Å². The lowest BCUT2D eigenvalue weighted by atomic mass is 9.94. The molecule has 0 saturated heterocycles. The summed E-state index contributed by atoms with van der Waals surface area (Å²) in [5.74, 6) is 0. The van der Waals surface area contributed by atoms with Crippen LogP contribution in [0.1, 0.15) is 19.3 Å². The minimum Gasteiger partial charge on any atom is -0.206 e. The summed E-state index contributed by atoms with van der Waals surface area (Å²) in [5.41, 5.74) is 0. The Morgan fingerprint density at radius 3 is 2.60 bits per heavy atom. The van der Waals surface area contributed by atoms with Crippen LogP contribution in [0.3, 0.4) is 0 Å². The first-order valence-corrected chi connectivity index (χ1v) is 7.86. The predicted octanol–water partition coefficient (Wildman–Crippen LogP) is 2.68. The molecule has 0 bridgehead atoms. The topological polar surface area (TPSA) is 37.4 Å². The van der Waals surface area contributed by atoms with Crippen molar-refractivity contribution in [3.8, 4) is 0 Å². The van der Waals surface area contributed by atoms with Crippen molar-refractivity contribution in [2.24, 2.45) is 0 Å². The Labute approximate surface area is 102 Å². The highest BCUT2D eigenvalue weighted by molar-refractivity contribution is 9.10. The quantitative estimate of drug-likeness (QED) is 0.861. The summed E-state index contributed by atoms with van der Waals surface area (Å²) in [6.45, 7) is 0. The first-order chi connectivity index (χ1) is 7.03. The highest BCUT2D eigenvalue weighted by Crippen LogP contribution is 2.34. The lowest BCUT2D eigenvalue weighted by Gasteiger charge is -2.33. The molecule has 0 unspecified atom stereocenters. The number of rotatable bonds is 3. The molecule has 15 heavy (non-hydrogen) atoms. The Balaban J connectivity index is 2.30. The fourth-order valence-electron chi connectivity index (χ4n) is 1.54. The van der Waals surface area contributed by atoms with Crippen LogP contribution in [0.25, 0.3) is 0 Å². The number of sulfonamides is 1. The third-order valence-corrected chi connectivity index (χ3v) is 7.34. The fraction of sp³-hybridized carbons (Fsp3) is 0.556. The summed E-state index contributed by atoms with van der Waals surface area (Å²) in [7, 11) is -1.61. The van der Waals surface area contributed by atoms with E-state index in [9.17, 15) is 8.42 Å². The Morgan fingerprint density at radius 1 is 1.53 bits per heavy atom.